The topological polar surface area (TPSA) is 96.0 Å². The van der Waals surface area contributed by atoms with Gasteiger partial charge >= 0.3 is 0 Å². The maximum absolute atomic E-state index is 13.4. The van der Waals surface area contributed by atoms with Crippen molar-refractivity contribution in [2.24, 2.45) is 0 Å². The van der Waals surface area contributed by atoms with Crippen LogP contribution in [-0.4, -0.2) is 57.1 Å². The van der Waals surface area contributed by atoms with Crippen molar-refractivity contribution < 1.29 is 22.7 Å². The molecule has 37 heavy (non-hydrogen) atoms. The predicted molar refractivity (Wildman–Crippen MR) is 146 cm³/mol. The number of benzene rings is 2. The highest BCUT2D eigenvalue weighted by Crippen LogP contribution is 2.23. The quantitative estimate of drug-likeness (QED) is 0.447. The van der Waals surface area contributed by atoms with Gasteiger partial charge in [0.25, 0.3) is 0 Å². The maximum Gasteiger partial charge on any atom is 0.242 e. The summed E-state index contributed by atoms with van der Waals surface area (Å²) in [7, 11) is -2.00. The van der Waals surface area contributed by atoms with Gasteiger partial charge in [0.15, 0.2) is 0 Å². The Morgan fingerprint density at radius 1 is 1.03 bits per heavy atom. The van der Waals surface area contributed by atoms with E-state index < -0.39 is 16.1 Å². The Hall–Kier alpha value is -3.07. The van der Waals surface area contributed by atoms with Crippen molar-refractivity contribution in [1.82, 2.24) is 10.2 Å². The van der Waals surface area contributed by atoms with Gasteiger partial charge in [0, 0.05) is 25.6 Å². The van der Waals surface area contributed by atoms with Crippen LogP contribution in [-0.2, 0) is 26.2 Å². The summed E-state index contributed by atoms with van der Waals surface area (Å²) in [6, 6.07) is 15.9. The molecule has 1 aliphatic carbocycles. The van der Waals surface area contributed by atoms with Gasteiger partial charge in [-0.05, 0) is 56.0 Å². The number of anilines is 1. The van der Waals surface area contributed by atoms with Crippen molar-refractivity contribution in [1.29, 1.82) is 0 Å². The van der Waals surface area contributed by atoms with Gasteiger partial charge in [0.2, 0.25) is 21.8 Å². The summed E-state index contributed by atoms with van der Waals surface area (Å²) >= 11 is 0. The van der Waals surface area contributed by atoms with Crippen LogP contribution in [0.25, 0.3) is 0 Å². The van der Waals surface area contributed by atoms with Crippen LogP contribution in [0, 0.1) is 0 Å². The van der Waals surface area contributed by atoms with E-state index >= 15 is 0 Å². The Bertz CT molecular complexity index is 1120. The zero-order valence-corrected chi connectivity index (χ0v) is 22.9. The standard InChI is InChI=1S/C28H39N3O5S/c1-22(28(33)29-24-13-8-5-9-14-24)30(21-23-11-6-4-7-12-23)27(32)15-10-20-31(37(3,34)35)25-16-18-26(36-2)19-17-25/h4,6-7,11-12,16-19,22,24H,5,8-10,13-15,20-21H2,1-3H3,(H,29,33)/t22-/m1/s1. The highest BCUT2D eigenvalue weighted by molar-refractivity contribution is 7.92. The lowest BCUT2D eigenvalue weighted by atomic mass is 9.95. The summed E-state index contributed by atoms with van der Waals surface area (Å²) in [5, 5.41) is 3.13. The lowest BCUT2D eigenvalue weighted by Crippen LogP contribution is -2.50. The van der Waals surface area contributed by atoms with Crippen molar-refractivity contribution in [3.63, 3.8) is 0 Å². The lowest BCUT2D eigenvalue weighted by molar-refractivity contribution is -0.141. The first-order valence-electron chi connectivity index (χ1n) is 12.9. The molecule has 0 radical (unpaired) electrons. The van der Waals surface area contributed by atoms with E-state index in [1.807, 2.05) is 30.3 Å². The zero-order valence-electron chi connectivity index (χ0n) is 22.1. The first kappa shape index (κ1) is 28.5. The third kappa shape index (κ3) is 8.49. The number of nitrogens with one attached hydrogen (secondary N) is 1. The molecule has 1 N–H and O–H groups in total. The fraction of sp³-hybridized carbons (Fsp3) is 0.500. The molecule has 8 nitrogen and oxygen atoms in total. The fourth-order valence-electron chi connectivity index (χ4n) is 4.68. The van der Waals surface area contributed by atoms with E-state index in [4.69, 9.17) is 4.74 Å². The number of carbonyl (C=O) groups is 2. The number of hydrogen-bond acceptors (Lipinski definition) is 5. The summed E-state index contributed by atoms with van der Waals surface area (Å²) in [4.78, 5) is 28.1. The second kappa shape index (κ2) is 13.5. The van der Waals surface area contributed by atoms with Gasteiger partial charge in [-0.25, -0.2) is 8.42 Å². The van der Waals surface area contributed by atoms with Gasteiger partial charge in [-0.15, -0.1) is 0 Å². The van der Waals surface area contributed by atoms with Crippen molar-refractivity contribution >= 4 is 27.5 Å². The van der Waals surface area contributed by atoms with E-state index in [1.54, 1.807) is 43.2 Å². The van der Waals surface area contributed by atoms with Gasteiger partial charge < -0.3 is 15.0 Å². The van der Waals surface area contributed by atoms with Gasteiger partial charge in [0.1, 0.15) is 11.8 Å². The van der Waals surface area contributed by atoms with Gasteiger partial charge in [0.05, 0.1) is 19.1 Å². The number of sulfonamides is 1. The van der Waals surface area contributed by atoms with Crippen molar-refractivity contribution in [3.05, 3.63) is 60.2 Å². The Balaban J connectivity index is 1.68. The molecule has 1 atom stereocenters. The van der Waals surface area contributed by atoms with Crippen LogP contribution < -0.4 is 14.4 Å². The van der Waals surface area contributed by atoms with E-state index in [-0.39, 0.29) is 30.8 Å². The molecule has 2 aromatic rings. The Labute approximate surface area is 221 Å². The molecule has 1 aliphatic rings. The summed E-state index contributed by atoms with van der Waals surface area (Å²) in [6.07, 6.45) is 6.94. The van der Waals surface area contributed by atoms with Crippen LogP contribution in [0.5, 0.6) is 5.75 Å². The number of methoxy groups -OCH3 is 1. The Kier molecular flexibility index (Phi) is 10.4. The minimum Gasteiger partial charge on any atom is -0.497 e. The predicted octanol–water partition coefficient (Wildman–Crippen LogP) is 4.11. The molecule has 2 aromatic carbocycles. The molecule has 1 saturated carbocycles. The summed E-state index contributed by atoms with van der Waals surface area (Å²) in [5.74, 6) is 0.301. The lowest BCUT2D eigenvalue weighted by Gasteiger charge is -2.31. The second-order valence-corrected chi connectivity index (χ2v) is 11.6. The van der Waals surface area contributed by atoms with Gasteiger partial charge in [-0.1, -0.05) is 49.6 Å². The molecule has 2 amide bonds. The fourth-order valence-corrected chi connectivity index (χ4v) is 5.65. The third-order valence-corrected chi connectivity index (χ3v) is 8.02. The minimum atomic E-state index is -3.55. The van der Waals surface area contributed by atoms with Crippen molar-refractivity contribution in [2.45, 2.75) is 70.5 Å². The average Bonchev–Trinajstić information content (AvgIpc) is 2.90. The first-order chi connectivity index (χ1) is 17.7. The van der Waals surface area contributed by atoms with E-state index in [0.717, 1.165) is 37.5 Å². The minimum absolute atomic E-state index is 0.121. The van der Waals surface area contributed by atoms with Crippen LogP contribution in [0.1, 0.15) is 57.4 Å². The van der Waals surface area contributed by atoms with Gasteiger partial charge in [-0.2, -0.15) is 0 Å². The summed E-state index contributed by atoms with van der Waals surface area (Å²) in [5.41, 5.74) is 1.45. The molecule has 202 valence electrons. The van der Waals surface area contributed by atoms with E-state index in [2.05, 4.69) is 5.32 Å². The number of rotatable bonds is 12. The molecule has 0 bridgehead atoms. The smallest absolute Gasteiger partial charge is 0.242 e. The SMILES string of the molecule is COc1ccc(N(CCCC(=O)N(Cc2ccccc2)[C@H](C)C(=O)NC2CCCCC2)S(C)(=O)=O)cc1. The highest BCUT2D eigenvalue weighted by atomic mass is 32.2. The summed E-state index contributed by atoms with van der Waals surface area (Å²) < 4.78 is 31.4. The van der Waals surface area contributed by atoms with Crippen LogP contribution >= 0.6 is 0 Å². The Morgan fingerprint density at radius 3 is 2.27 bits per heavy atom. The normalized spacial score (nSPS) is 15.0. The summed E-state index contributed by atoms with van der Waals surface area (Å²) in [6.45, 7) is 2.23. The number of amides is 2. The molecular weight excluding hydrogens is 490 g/mol. The molecular formula is C28H39N3O5S. The maximum atomic E-state index is 13.4. The van der Waals surface area contributed by atoms with Crippen molar-refractivity contribution in [2.75, 3.05) is 24.2 Å². The number of ether oxygens (including phenoxy) is 1. The molecule has 0 spiro atoms. The van der Waals surface area contributed by atoms with Crippen LogP contribution in [0.15, 0.2) is 54.6 Å². The Morgan fingerprint density at radius 2 is 1.68 bits per heavy atom. The van der Waals surface area contributed by atoms with Crippen LogP contribution in [0.3, 0.4) is 0 Å². The number of nitrogens with zero attached hydrogens (tertiary/aromatic N) is 2. The molecule has 0 aromatic heterocycles. The van der Waals surface area contributed by atoms with Crippen LogP contribution in [0.4, 0.5) is 5.69 Å². The highest BCUT2D eigenvalue weighted by Gasteiger charge is 2.28. The average molecular weight is 530 g/mol. The monoisotopic (exact) mass is 529 g/mol. The molecule has 0 unspecified atom stereocenters. The van der Waals surface area contributed by atoms with E-state index in [1.165, 1.54) is 10.7 Å². The number of carbonyl (C=O) groups excluding carboxylic acids is 2. The molecule has 0 heterocycles. The molecule has 9 heteroatoms. The molecule has 0 aliphatic heterocycles. The first-order valence-corrected chi connectivity index (χ1v) is 14.8. The second-order valence-electron chi connectivity index (χ2n) is 9.66. The molecule has 0 saturated heterocycles. The molecule has 1 fully saturated rings. The van der Waals surface area contributed by atoms with Crippen molar-refractivity contribution in [3.8, 4) is 5.75 Å². The van der Waals surface area contributed by atoms with Gasteiger partial charge in [-0.3, -0.25) is 13.9 Å². The number of hydrogen-bond donors (Lipinski definition) is 1. The zero-order chi connectivity index (χ0) is 26.8. The third-order valence-electron chi connectivity index (χ3n) is 6.83. The van der Waals surface area contributed by atoms with E-state index in [9.17, 15) is 18.0 Å². The van der Waals surface area contributed by atoms with Crippen LogP contribution in [0.2, 0.25) is 0 Å². The van der Waals surface area contributed by atoms with E-state index in [0.29, 0.717) is 24.4 Å². The molecule has 3 rings (SSSR count). The largest absolute Gasteiger partial charge is 0.497 e.